The van der Waals surface area contributed by atoms with Gasteiger partial charge in [0.25, 0.3) is 5.91 Å². The maximum absolute atomic E-state index is 14.3. The Bertz CT molecular complexity index is 1090. The fraction of sp³-hybridized carbons (Fsp3) is 0.536. The van der Waals surface area contributed by atoms with E-state index in [2.05, 4.69) is 13.2 Å². The van der Waals surface area contributed by atoms with E-state index in [1.54, 1.807) is 17.1 Å². The van der Waals surface area contributed by atoms with Crippen LogP contribution in [0.3, 0.4) is 0 Å². The number of esters is 1. The van der Waals surface area contributed by atoms with Gasteiger partial charge in [0.1, 0.15) is 17.6 Å². The first-order valence-corrected chi connectivity index (χ1v) is 12.5. The minimum absolute atomic E-state index is 0.0273. The molecule has 3 aliphatic rings. The lowest BCUT2D eigenvalue weighted by Crippen LogP contribution is -2.57. The lowest BCUT2D eigenvalue weighted by Gasteiger charge is -2.37. The number of carbonyl (C=O) groups excluding carboxylic acids is 3. The van der Waals surface area contributed by atoms with Crippen LogP contribution < -0.4 is 4.90 Å². The van der Waals surface area contributed by atoms with Crippen molar-refractivity contribution in [1.29, 1.82) is 0 Å². The van der Waals surface area contributed by atoms with Crippen molar-refractivity contribution in [2.75, 3.05) is 31.2 Å². The predicted molar refractivity (Wildman–Crippen MR) is 135 cm³/mol. The number of amides is 2. The van der Waals surface area contributed by atoms with Gasteiger partial charge in [0.05, 0.1) is 24.7 Å². The van der Waals surface area contributed by atoms with Gasteiger partial charge in [-0.25, -0.2) is 0 Å². The van der Waals surface area contributed by atoms with Crippen LogP contribution in [0.1, 0.15) is 37.3 Å². The maximum Gasteiger partial charge on any atom is 0.312 e. The number of ether oxygens (including phenoxy) is 2. The number of anilines is 1. The predicted octanol–water partition coefficient (Wildman–Crippen LogP) is 2.70. The average Bonchev–Trinajstić information content (AvgIpc) is 3.40. The fourth-order valence-corrected chi connectivity index (χ4v) is 6.34. The molecule has 2 unspecified atom stereocenters. The largest absolute Gasteiger partial charge is 0.465 e. The molecule has 1 N–H and O–H groups in total. The van der Waals surface area contributed by atoms with Gasteiger partial charge in [-0.1, -0.05) is 24.3 Å². The molecular formula is C28H36N2O6. The summed E-state index contributed by atoms with van der Waals surface area (Å²) < 4.78 is 12.1. The highest BCUT2D eigenvalue weighted by Gasteiger charge is 2.78. The Balaban J connectivity index is 1.77. The highest BCUT2D eigenvalue weighted by molar-refractivity contribution is 6.05. The summed E-state index contributed by atoms with van der Waals surface area (Å²) in [7, 11) is 0. The number of β-amino-alcohol motifs (C(OH)–C–C–N with tert-alkyl or cyclic N) is 1. The summed E-state index contributed by atoms with van der Waals surface area (Å²) in [6.45, 7) is 13.3. The van der Waals surface area contributed by atoms with E-state index >= 15 is 0 Å². The van der Waals surface area contributed by atoms with E-state index in [0.29, 0.717) is 19.3 Å². The molecule has 194 valence electrons. The smallest absolute Gasteiger partial charge is 0.312 e. The number of fused-ring (bicyclic) bond motifs is 1. The Labute approximate surface area is 212 Å². The first-order valence-electron chi connectivity index (χ1n) is 12.5. The maximum atomic E-state index is 14.3. The Morgan fingerprint density at radius 1 is 1.28 bits per heavy atom. The van der Waals surface area contributed by atoms with Crippen molar-refractivity contribution in [3.63, 3.8) is 0 Å². The van der Waals surface area contributed by atoms with Crippen LogP contribution in [0, 0.1) is 25.7 Å². The summed E-state index contributed by atoms with van der Waals surface area (Å²) in [4.78, 5) is 44.4. The van der Waals surface area contributed by atoms with Crippen LogP contribution in [0.15, 0.2) is 43.5 Å². The number of nitrogens with zero attached hydrogens (tertiary/aromatic N) is 2. The Morgan fingerprint density at radius 3 is 2.69 bits per heavy atom. The monoisotopic (exact) mass is 496 g/mol. The molecule has 0 aromatic heterocycles. The third-order valence-electron chi connectivity index (χ3n) is 7.90. The lowest BCUT2D eigenvalue weighted by atomic mass is 9.66. The van der Waals surface area contributed by atoms with E-state index in [4.69, 9.17) is 9.47 Å². The Hall–Kier alpha value is -2.97. The van der Waals surface area contributed by atoms with E-state index in [1.807, 2.05) is 39.0 Å². The van der Waals surface area contributed by atoms with Crippen molar-refractivity contribution in [2.24, 2.45) is 11.8 Å². The molecule has 5 atom stereocenters. The van der Waals surface area contributed by atoms with Crippen LogP contribution in [-0.2, 0) is 23.9 Å². The molecule has 3 saturated heterocycles. The van der Waals surface area contributed by atoms with Gasteiger partial charge in [0.2, 0.25) is 5.91 Å². The van der Waals surface area contributed by atoms with E-state index in [0.717, 1.165) is 16.8 Å². The number of hydrogen-bond donors (Lipinski definition) is 1. The van der Waals surface area contributed by atoms with Crippen molar-refractivity contribution < 1.29 is 29.0 Å². The van der Waals surface area contributed by atoms with Crippen LogP contribution >= 0.6 is 0 Å². The summed E-state index contributed by atoms with van der Waals surface area (Å²) in [5, 5.41) is 9.81. The number of rotatable bonds is 10. The molecule has 0 radical (unpaired) electrons. The summed E-state index contributed by atoms with van der Waals surface area (Å²) in [6.07, 6.45) is 4.80. The number of likely N-dealkylation sites (tertiary alicyclic amines) is 1. The molecule has 36 heavy (non-hydrogen) atoms. The van der Waals surface area contributed by atoms with Crippen molar-refractivity contribution in [3.8, 4) is 0 Å². The van der Waals surface area contributed by atoms with Crippen LogP contribution in [0.5, 0.6) is 0 Å². The quantitative estimate of drug-likeness (QED) is 0.304. The van der Waals surface area contributed by atoms with Gasteiger partial charge in [0.15, 0.2) is 0 Å². The standard InChI is InChI=1S/C28H36N2O6/c1-6-8-16-35-26(34)22-21-24(32)30(14-15-31)23(28(21)12-11-27(22,5)36-28)25(33)29(13-7-2)20-17-18(3)9-10-19(20)4/h6-7,9-10,17,21-23,31H,1-2,8,11-16H2,3-5H3/t21-,22-,23?,27+,28?/m0/s1. The molecule has 1 aromatic rings. The second-order valence-corrected chi connectivity index (χ2v) is 10.3. The number of benzene rings is 1. The van der Waals surface area contributed by atoms with Crippen LogP contribution in [0.25, 0.3) is 0 Å². The molecule has 0 aliphatic carbocycles. The van der Waals surface area contributed by atoms with Gasteiger partial charge in [0, 0.05) is 18.8 Å². The summed E-state index contributed by atoms with van der Waals surface area (Å²) >= 11 is 0. The molecule has 3 fully saturated rings. The summed E-state index contributed by atoms with van der Waals surface area (Å²) in [5.41, 5.74) is 0.566. The zero-order chi connectivity index (χ0) is 26.3. The molecule has 2 bridgehead atoms. The Kier molecular flexibility index (Phi) is 7.12. The molecule has 8 nitrogen and oxygen atoms in total. The average molecular weight is 497 g/mol. The first kappa shape index (κ1) is 26.1. The second-order valence-electron chi connectivity index (χ2n) is 10.3. The van der Waals surface area contributed by atoms with E-state index in [1.165, 1.54) is 4.90 Å². The SMILES string of the molecule is C=CCCOC(=O)[C@@H]1[C@H]2C(=O)N(CCO)C(C(=O)N(CC=C)c3cc(C)ccc3C)C23CC[C@@]1(C)O3. The third-order valence-corrected chi connectivity index (χ3v) is 7.90. The van der Waals surface area contributed by atoms with Gasteiger partial charge in [-0.2, -0.15) is 0 Å². The lowest BCUT2D eigenvalue weighted by molar-refractivity contribution is -0.159. The molecule has 3 heterocycles. The van der Waals surface area contributed by atoms with Crippen molar-refractivity contribution in [1.82, 2.24) is 4.90 Å². The van der Waals surface area contributed by atoms with Crippen LogP contribution in [0.2, 0.25) is 0 Å². The van der Waals surface area contributed by atoms with Gasteiger partial charge >= 0.3 is 5.97 Å². The van der Waals surface area contributed by atoms with Crippen molar-refractivity contribution in [2.45, 2.75) is 57.3 Å². The van der Waals surface area contributed by atoms with Gasteiger partial charge in [-0.3, -0.25) is 14.4 Å². The topological polar surface area (TPSA) is 96.4 Å². The molecule has 8 heteroatoms. The fourth-order valence-electron chi connectivity index (χ4n) is 6.34. The van der Waals surface area contributed by atoms with Gasteiger partial charge in [-0.05, 0) is 57.2 Å². The van der Waals surface area contributed by atoms with Crippen molar-refractivity contribution >= 4 is 23.5 Å². The van der Waals surface area contributed by atoms with Crippen LogP contribution in [0.4, 0.5) is 5.69 Å². The highest BCUT2D eigenvalue weighted by atomic mass is 16.6. The second kappa shape index (κ2) is 9.82. The molecule has 3 aliphatic heterocycles. The van der Waals surface area contributed by atoms with Gasteiger partial charge < -0.3 is 24.4 Å². The zero-order valence-corrected chi connectivity index (χ0v) is 21.4. The molecule has 1 aromatic carbocycles. The summed E-state index contributed by atoms with van der Waals surface area (Å²) in [6, 6.07) is 4.89. The normalized spacial score (nSPS) is 30.3. The number of aryl methyl sites for hydroxylation is 2. The van der Waals surface area contributed by atoms with E-state index in [-0.39, 0.29) is 38.1 Å². The molecule has 4 rings (SSSR count). The number of aliphatic hydroxyl groups excluding tert-OH is 1. The van der Waals surface area contributed by atoms with E-state index < -0.39 is 35.0 Å². The third kappa shape index (κ3) is 3.96. The summed E-state index contributed by atoms with van der Waals surface area (Å²) in [5.74, 6) is -2.82. The molecule has 1 spiro atoms. The number of hydrogen-bond acceptors (Lipinski definition) is 6. The van der Waals surface area contributed by atoms with Crippen LogP contribution in [-0.4, -0.2) is 71.3 Å². The molecule has 0 saturated carbocycles. The minimum Gasteiger partial charge on any atom is -0.465 e. The molecular weight excluding hydrogens is 460 g/mol. The van der Waals surface area contributed by atoms with Crippen molar-refractivity contribution in [3.05, 3.63) is 54.6 Å². The first-order chi connectivity index (χ1) is 17.1. The molecule has 2 amide bonds. The van der Waals surface area contributed by atoms with Gasteiger partial charge in [-0.15, -0.1) is 13.2 Å². The zero-order valence-electron chi connectivity index (χ0n) is 21.4. The number of carbonyl (C=O) groups is 3. The minimum atomic E-state index is -1.17. The van der Waals surface area contributed by atoms with E-state index in [9.17, 15) is 19.5 Å². The number of aliphatic hydroxyl groups is 1. The highest BCUT2D eigenvalue weighted by Crippen LogP contribution is 2.63. The Morgan fingerprint density at radius 2 is 2.03 bits per heavy atom.